The summed E-state index contributed by atoms with van der Waals surface area (Å²) in [4.78, 5) is 14.4. The number of ether oxygens (including phenoxy) is 1. The van der Waals surface area contributed by atoms with Gasteiger partial charge in [0.05, 0.1) is 0 Å². The van der Waals surface area contributed by atoms with Crippen molar-refractivity contribution in [3.63, 3.8) is 0 Å². The van der Waals surface area contributed by atoms with Crippen molar-refractivity contribution >= 4 is 6.09 Å². The number of hydrogen-bond acceptors (Lipinski definition) is 3. The molecule has 2 N–H and O–H groups in total. The van der Waals surface area contributed by atoms with Crippen molar-refractivity contribution in [3.05, 3.63) is 0 Å². The maximum absolute atomic E-state index is 12.4. The zero-order chi connectivity index (χ0) is 14.7. The van der Waals surface area contributed by atoms with Crippen LogP contribution in [0.2, 0.25) is 0 Å². The van der Waals surface area contributed by atoms with Gasteiger partial charge in [-0.25, -0.2) is 4.79 Å². The summed E-state index contributed by atoms with van der Waals surface area (Å²) in [6, 6.07) is 0.302. The van der Waals surface area contributed by atoms with Crippen LogP contribution in [-0.4, -0.2) is 34.7 Å². The molecule has 0 aliphatic carbocycles. The number of nitrogens with two attached hydrogens (primary N) is 1. The highest BCUT2D eigenvalue weighted by molar-refractivity contribution is 5.70. The molecular formula is C15H30N2O2. The van der Waals surface area contributed by atoms with Gasteiger partial charge in [-0.15, -0.1) is 0 Å². The molecule has 1 atom stereocenters. The fourth-order valence-corrected chi connectivity index (χ4v) is 2.77. The van der Waals surface area contributed by atoms with Gasteiger partial charge in [0, 0.05) is 11.6 Å². The fourth-order valence-electron chi connectivity index (χ4n) is 2.77. The Bertz CT molecular complexity index is 308. The molecule has 0 saturated carbocycles. The Morgan fingerprint density at radius 2 is 2.00 bits per heavy atom. The van der Waals surface area contributed by atoms with Crippen molar-refractivity contribution in [2.75, 3.05) is 6.54 Å². The molecule has 4 nitrogen and oxygen atoms in total. The smallest absolute Gasteiger partial charge is 0.410 e. The van der Waals surface area contributed by atoms with Gasteiger partial charge in [-0.1, -0.05) is 6.42 Å². The number of likely N-dealkylation sites (tertiary alicyclic amines) is 1. The summed E-state index contributed by atoms with van der Waals surface area (Å²) in [5, 5.41) is 0. The van der Waals surface area contributed by atoms with Crippen LogP contribution in [0, 0.1) is 0 Å². The number of hydrogen-bond donors (Lipinski definition) is 1. The molecule has 19 heavy (non-hydrogen) atoms. The maximum Gasteiger partial charge on any atom is 0.410 e. The first-order valence-electron chi connectivity index (χ1n) is 7.40. The molecule has 0 unspecified atom stereocenters. The van der Waals surface area contributed by atoms with Gasteiger partial charge in [0.15, 0.2) is 0 Å². The van der Waals surface area contributed by atoms with Gasteiger partial charge in [-0.05, 0) is 66.8 Å². The number of carbonyl (C=O) groups is 1. The highest BCUT2D eigenvalue weighted by Crippen LogP contribution is 2.36. The third-order valence-electron chi connectivity index (χ3n) is 3.69. The van der Waals surface area contributed by atoms with Crippen molar-refractivity contribution in [2.45, 2.75) is 83.9 Å². The molecule has 0 bridgehead atoms. The van der Waals surface area contributed by atoms with Crippen molar-refractivity contribution in [1.82, 2.24) is 4.90 Å². The molecule has 0 aromatic carbocycles. The van der Waals surface area contributed by atoms with Crippen LogP contribution in [0.4, 0.5) is 4.79 Å². The highest BCUT2D eigenvalue weighted by atomic mass is 16.6. The molecule has 1 heterocycles. The minimum atomic E-state index is -0.433. The largest absolute Gasteiger partial charge is 0.444 e. The molecule has 1 fully saturated rings. The third-order valence-corrected chi connectivity index (χ3v) is 3.69. The molecule has 1 rings (SSSR count). The monoisotopic (exact) mass is 270 g/mol. The van der Waals surface area contributed by atoms with E-state index >= 15 is 0 Å². The Kier molecular flexibility index (Phi) is 5.25. The number of unbranched alkanes of at least 4 members (excludes halogenated alkanes) is 1. The van der Waals surface area contributed by atoms with E-state index in [0.29, 0.717) is 6.04 Å². The minimum absolute atomic E-state index is 0.101. The van der Waals surface area contributed by atoms with E-state index in [2.05, 4.69) is 13.8 Å². The van der Waals surface area contributed by atoms with Gasteiger partial charge >= 0.3 is 6.09 Å². The predicted octanol–water partition coefficient (Wildman–Crippen LogP) is 3.29. The van der Waals surface area contributed by atoms with Crippen LogP contribution in [-0.2, 0) is 4.74 Å². The van der Waals surface area contributed by atoms with Crippen LogP contribution in [0.3, 0.4) is 0 Å². The zero-order valence-electron chi connectivity index (χ0n) is 13.2. The van der Waals surface area contributed by atoms with E-state index in [4.69, 9.17) is 10.5 Å². The quantitative estimate of drug-likeness (QED) is 0.797. The summed E-state index contributed by atoms with van der Waals surface area (Å²) < 4.78 is 5.56. The van der Waals surface area contributed by atoms with Gasteiger partial charge < -0.3 is 15.4 Å². The predicted molar refractivity (Wildman–Crippen MR) is 78.1 cm³/mol. The lowest BCUT2D eigenvalue weighted by atomic mass is 10.0. The first-order valence-corrected chi connectivity index (χ1v) is 7.40. The Labute approximate surface area is 117 Å². The van der Waals surface area contributed by atoms with Crippen LogP contribution < -0.4 is 5.73 Å². The van der Waals surface area contributed by atoms with Crippen LogP contribution in [0.5, 0.6) is 0 Å². The topological polar surface area (TPSA) is 55.6 Å². The molecule has 1 saturated heterocycles. The number of nitrogens with zero attached hydrogens (tertiary/aromatic N) is 1. The second-order valence-electron chi connectivity index (χ2n) is 7.14. The summed E-state index contributed by atoms with van der Waals surface area (Å²) in [5.74, 6) is 0. The van der Waals surface area contributed by atoms with E-state index in [-0.39, 0.29) is 11.6 Å². The summed E-state index contributed by atoms with van der Waals surface area (Å²) in [5.41, 5.74) is 5.00. The van der Waals surface area contributed by atoms with Crippen molar-refractivity contribution in [2.24, 2.45) is 5.73 Å². The number of amides is 1. The summed E-state index contributed by atoms with van der Waals surface area (Å²) >= 11 is 0. The molecule has 0 aromatic heterocycles. The standard InChI is InChI=1S/C15H30N2O2/c1-14(2,3)19-13(18)17-12(8-6-7-11-16)9-10-15(17,4)5/h12H,6-11,16H2,1-5H3/t12-/m0/s1. The molecule has 0 aromatic rings. The summed E-state index contributed by atoms with van der Waals surface area (Å²) in [6.45, 7) is 10.7. The Balaban J connectivity index is 2.69. The third kappa shape index (κ3) is 4.68. The van der Waals surface area contributed by atoms with E-state index in [0.717, 1.165) is 38.6 Å². The Morgan fingerprint density at radius 1 is 1.37 bits per heavy atom. The molecule has 112 valence electrons. The van der Waals surface area contributed by atoms with Crippen LogP contribution >= 0.6 is 0 Å². The molecule has 1 amide bonds. The molecule has 0 spiro atoms. The van der Waals surface area contributed by atoms with Gasteiger partial charge in [0.25, 0.3) is 0 Å². The maximum atomic E-state index is 12.4. The molecular weight excluding hydrogens is 240 g/mol. The van der Waals surface area contributed by atoms with Gasteiger partial charge in [0.2, 0.25) is 0 Å². The zero-order valence-corrected chi connectivity index (χ0v) is 13.2. The first kappa shape index (κ1) is 16.3. The average molecular weight is 270 g/mol. The van der Waals surface area contributed by atoms with E-state index < -0.39 is 5.60 Å². The fraction of sp³-hybridized carbons (Fsp3) is 0.933. The molecule has 1 aliphatic rings. The van der Waals surface area contributed by atoms with E-state index in [1.807, 2.05) is 25.7 Å². The highest BCUT2D eigenvalue weighted by Gasteiger charge is 2.43. The Morgan fingerprint density at radius 3 is 2.53 bits per heavy atom. The SMILES string of the molecule is CC(C)(C)OC(=O)N1[C@@H](CCCCN)CCC1(C)C. The number of rotatable bonds is 4. The lowest BCUT2D eigenvalue weighted by Crippen LogP contribution is -2.49. The van der Waals surface area contributed by atoms with Crippen LogP contribution in [0.15, 0.2) is 0 Å². The van der Waals surface area contributed by atoms with Gasteiger partial charge in [0.1, 0.15) is 5.60 Å². The normalized spacial score (nSPS) is 22.6. The van der Waals surface area contributed by atoms with E-state index in [1.165, 1.54) is 0 Å². The lowest BCUT2D eigenvalue weighted by Gasteiger charge is -2.37. The van der Waals surface area contributed by atoms with Crippen LogP contribution in [0.1, 0.15) is 66.7 Å². The second-order valence-corrected chi connectivity index (χ2v) is 7.14. The van der Waals surface area contributed by atoms with E-state index in [9.17, 15) is 4.79 Å². The van der Waals surface area contributed by atoms with Gasteiger partial charge in [-0.3, -0.25) is 0 Å². The van der Waals surface area contributed by atoms with Crippen LogP contribution in [0.25, 0.3) is 0 Å². The van der Waals surface area contributed by atoms with Crippen molar-refractivity contribution in [3.8, 4) is 0 Å². The lowest BCUT2D eigenvalue weighted by molar-refractivity contribution is 0.00285. The van der Waals surface area contributed by atoms with Crippen molar-refractivity contribution < 1.29 is 9.53 Å². The summed E-state index contributed by atoms with van der Waals surface area (Å²) in [7, 11) is 0. The van der Waals surface area contributed by atoms with Crippen molar-refractivity contribution in [1.29, 1.82) is 0 Å². The Hall–Kier alpha value is -0.770. The molecule has 1 aliphatic heterocycles. The van der Waals surface area contributed by atoms with Gasteiger partial charge in [-0.2, -0.15) is 0 Å². The second kappa shape index (κ2) is 6.12. The minimum Gasteiger partial charge on any atom is -0.444 e. The first-order chi connectivity index (χ1) is 8.67. The average Bonchev–Trinajstić information content (AvgIpc) is 2.52. The number of carbonyl (C=O) groups excluding carboxylic acids is 1. The molecule has 4 heteroatoms. The summed E-state index contributed by atoms with van der Waals surface area (Å²) in [6.07, 6.45) is 5.07. The molecule has 0 radical (unpaired) electrons. The van der Waals surface area contributed by atoms with E-state index in [1.54, 1.807) is 0 Å².